The molecule has 0 aliphatic heterocycles. The van der Waals surface area contributed by atoms with Crippen LogP contribution >= 0.6 is 0 Å². The summed E-state index contributed by atoms with van der Waals surface area (Å²) in [6.45, 7) is -0.0510. The van der Waals surface area contributed by atoms with Gasteiger partial charge in [0.05, 0.1) is 6.54 Å². The largest absolute Gasteiger partial charge is 0.478 e. The van der Waals surface area contributed by atoms with Gasteiger partial charge >= 0.3 is 12.1 Å². The van der Waals surface area contributed by atoms with Crippen molar-refractivity contribution in [1.82, 2.24) is 9.78 Å². The SMILES string of the molecule is O=C(Nc1ccccc1)OC(Cn1cccn1)C(=O)O. The molecule has 1 aromatic carbocycles. The third kappa shape index (κ3) is 3.84. The topological polar surface area (TPSA) is 93.5 Å². The molecule has 0 aliphatic carbocycles. The van der Waals surface area contributed by atoms with E-state index in [1.54, 1.807) is 42.6 Å². The lowest BCUT2D eigenvalue weighted by Gasteiger charge is -2.14. The van der Waals surface area contributed by atoms with E-state index in [4.69, 9.17) is 9.84 Å². The molecular formula is C13H13N3O4. The van der Waals surface area contributed by atoms with E-state index in [1.165, 1.54) is 10.9 Å². The fourth-order valence-electron chi connectivity index (χ4n) is 1.54. The Bertz CT molecular complexity index is 569. The zero-order valence-corrected chi connectivity index (χ0v) is 10.5. The Labute approximate surface area is 114 Å². The highest BCUT2D eigenvalue weighted by molar-refractivity contribution is 5.86. The summed E-state index contributed by atoms with van der Waals surface area (Å²) in [4.78, 5) is 22.7. The van der Waals surface area contributed by atoms with Crippen LogP contribution < -0.4 is 5.32 Å². The maximum atomic E-state index is 11.6. The van der Waals surface area contributed by atoms with Crippen molar-refractivity contribution in [2.24, 2.45) is 0 Å². The molecule has 0 radical (unpaired) electrons. The van der Waals surface area contributed by atoms with Gasteiger partial charge in [-0.25, -0.2) is 9.59 Å². The molecule has 20 heavy (non-hydrogen) atoms. The minimum absolute atomic E-state index is 0.0510. The number of carboxylic acid groups (broad SMARTS) is 1. The van der Waals surface area contributed by atoms with E-state index in [1.807, 2.05) is 0 Å². The highest BCUT2D eigenvalue weighted by Crippen LogP contribution is 2.07. The number of carbonyl (C=O) groups is 2. The summed E-state index contributed by atoms with van der Waals surface area (Å²) in [7, 11) is 0. The molecule has 0 saturated carbocycles. The summed E-state index contributed by atoms with van der Waals surface area (Å²) in [5.41, 5.74) is 0.528. The molecule has 7 nitrogen and oxygen atoms in total. The van der Waals surface area contributed by atoms with Crippen LogP contribution in [0, 0.1) is 0 Å². The molecule has 0 saturated heterocycles. The minimum Gasteiger partial charge on any atom is -0.478 e. The Kier molecular flexibility index (Phi) is 4.33. The van der Waals surface area contributed by atoms with Crippen molar-refractivity contribution in [1.29, 1.82) is 0 Å². The van der Waals surface area contributed by atoms with Crippen LogP contribution in [0.4, 0.5) is 10.5 Å². The first kappa shape index (κ1) is 13.6. The third-order valence-electron chi connectivity index (χ3n) is 2.46. The third-order valence-corrected chi connectivity index (χ3v) is 2.46. The molecule has 2 aromatic rings. The summed E-state index contributed by atoms with van der Waals surface area (Å²) in [6, 6.07) is 10.3. The van der Waals surface area contributed by atoms with Gasteiger partial charge in [-0.05, 0) is 18.2 Å². The van der Waals surface area contributed by atoms with Gasteiger partial charge < -0.3 is 9.84 Å². The van der Waals surface area contributed by atoms with Crippen LogP contribution in [-0.4, -0.2) is 33.1 Å². The first-order valence-electron chi connectivity index (χ1n) is 5.88. The van der Waals surface area contributed by atoms with Gasteiger partial charge in [0.1, 0.15) is 0 Å². The first-order valence-corrected chi connectivity index (χ1v) is 5.88. The maximum Gasteiger partial charge on any atom is 0.412 e. The number of anilines is 1. The smallest absolute Gasteiger partial charge is 0.412 e. The number of carbonyl (C=O) groups excluding carboxylic acids is 1. The van der Waals surface area contributed by atoms with Gasteiger partial charge in [0.25, 0.3) is 0 Å². The van der Waals surface area contributed by atoms with Crippen molar-refractivity contribution in [2.75, 3.05) is 5.32 Å². The molecule has 2 N–H and O–H groups in total. The molecule has 1 unspecified atom stereocenters. The van der Waals surface area contributed by atoms with E-state index in [0.717, 1.165) is 0 Å². The number of aromatic nitrogens is 2. The molecule has 0 spiro atoms. The molecule has 1 amide bonds. The highest BCUT2D eigenvalue weighted by Gasteiger charge is 2.23. The predicted octanol–water partition coefficient (Wildman–Crippen LogP) is 1.58. The second kappa shape index (κ2) is 6.37. The number of nitrogens with one attached hydrogen (secondary N) is 1. The van der Waals surface area contributed by atoms with Gasteiger partial charge in [0.15, 0.2) is 0 Å². The minimum atomic E-state index is -1.31. The Morgan fingerprint density at radius 3 is 2.65 bits per heavy atom. The van der Waals surface area contributed by atoms with Gasteiger partial charge in [-0.2, -0.15) is 5.10 Å². The molecule has 1 heterocycles. The molecule has 0 aliphatic rings. The Hall–Kier alpha value is -2.83. The van der Waals surface area contributed by atoms with E-state index >= 15 is 0 Å². The number of carboxylic acids is 1. The number of rotatable bonds is 5. The van der Waals surface area contributed by atoms with Crippen LogP contribution in [-0.2, 0) is 16.1 Å². The van der Waals surface area contributed by atoms with Gasteiger partial charge in [0.2, 0.25) is 6.10 Å². The molecule has 0 bridgehead atoms. The molecule has 7 heteroatoms. The van der Waals surface area contributed by atoms with Crippen molar-refractivity contribution in [3.63, 3.8) is 0 Å². The molecular weight excluding hydrogens is 262 g/mol. The van der Waals surface area contributed by atoms with E-state index < -0.39 is 18.2 Å². The van der Waals surface area contributed by atoms with E-state index in [9.17, 15) is 9.59 Å². The number of ether oxygens (including phenoxy) is 1. The van der Waals surface area contributed by atoms with Crippen molar-refractivity contribution >= 4 is 17.7 Å². The Morgan fingerprint density at radius 1 is 1.30 bits per heavy atom. The van der Waals surface area contributed by atoms with Crippen LogP contribution in [0.15, 0.2) is 48.8 Å². The predicted molar refractivity (Wildman–Crippen MR) is 70.2 cm³/mol. The highest BCUT2D eigenvalue weighted by atomic mass is 16.6. The van der Waals surface area contributed by atoms with E-state index in [0.29, 0.717) is 5.69 Å². The molecule has 1 aromatic heterocycles. The van der Waals surface area contributed by atoms with Crippen molar-refractivity contribution < 1.29 is 19.4 Å². The standard InChI is InChI=1S/C13H13N3O4/c17-12(18)11(9-16-8-4-7-14-16)20-13(19)15-10-5-2-1-3-6-10/h1-8,11H,9H2,(H,15,19)(H,17,18). The van der Waals surface area contributed by atoms with Gasteiger partial charge in [-0.15, -0.1) is 0 Å². The zero-order valence-electron chi connectivity index (χ0n) is 10.5. The summed E-state index contributed by atoms with van der Waals surface area (Å²) >= 11 is 0. The quantitative estimate of drug-likeness (QED) is 0.864. The number of benzene rings is 1. The first-order chi connectivity index (χ1) is 9.65. The van der Waals surface area contributed by atoms with Gasteiger partial charge in [0, 0.05) is 18.1 Å². The van der Waals surface area contributed by atoms with Gasteiger partial charge in [-0.1, -0.05) is 18.2 Å². The number of amides is 1. The second-order valence-electron chi connectivity index (χ2n) is 3.95. The zero-order chi connectivity index (χ0) is 14.4. The number of hydrogen-bond acceptors (Lipinski definition) is 4. The van der Waals surface area contributed by atoms with Crippen molar-refractivity contribution in [2.45, 2.75) is 12.6 Å². The summed E-state index contributed by atoms with van der Waals surface area (Å²) in [5.74, 6) is -1.23. The summed E-state index contributed by atoms with van der Waals surface area (Å²) in [6.07, 6.45) is 0.978. The normalized spacial score (nSPS) is 11.6. The lowest BCUT2D eigenvalue weighted by Crippen LogP contribution is -2.33. The van der Waals surface area contributed by atoms with Crippen molar-refractivity contribution in [3.8, 4) is 0 Å². The van der Waals surface area contributed by atoms with E-state index in [2.05, 4.69) is 10.4 Å². The van der Waals surface area contributed by atoms with Crippen LogP contribution in [0.3, 0.4) is 0 Å². The molecule has 1 atom stereocenters. The molecule has 104 valence electrons. The van der Waals surface area contributed by atoms with Gasteiger partial charge in [-0.3, -0.25) is 10.00 Å². The van der Waals surface area contributed by atoms with Crippen LogP contribution in [0.1, 0.15) is 0 Å². The van der Waals surface area contributed by atoms with Crippen LogP contribution in [0.5, 0.6) is 0 Å². The fraction of sp³-hybridized carbons (Fsp3) is 0.154. The van der Waals surface area contributed by atoms with Crippen LogP contribution in [0.25, 0.3) is 0 Å². The number of nitrogens with zero attached hydrogens (tertiary/aromatic N) is 2. The lowest BCUT2D eigenvalue weighted by atomic mass is 10.3. The average Bonchev–Trinajstić information content (AvgIpc) is 2.92. The Balaban J connectivity index is 1.94. The monoisotopic (exact) mass is 275 g/mol. The maximum absolute atomic E-state index is 11.6. The summed E-state index contributed by atoms with van der Waals surface area (Å²) < 4.78 is 6.26. The van der Waals surface area contributed by atoms with Crippen LogP contribution in [0.2, 0.25) is 0 Å². The second-order valence-corrected chi connectivity index (χ2v) is 3.95. The lowest BCUT2D eigenvalue weighted by molar-refractivity contribution is -0.147. The number of para-hydroxylation sites is 1. The molecule has 0 fully saturated rings. The Morgan fingerprint density at radius 2 is 2.05 bits per heavy atom. The number of aliphatic carboxylic acids is 1. The molecule has 2 rings (SSSR count). The van der Waals surface area contributed by atoms with E-state index in [-0.39, 0.29) is 6.54 Å². The fourth-order valence-corrected chi connectivity index (χ4v) is 1.54. The number of hydrogen-bond donors (Lipinski definition) is 2. The average molecular weight is 275 g/mol. The summed E-state index contributed by atoms with van der Waals surface area (Å²) in [5, 5.41) is 15.4. The van der Waals surface area contributed by atoms with Crippen molar-refractivity contribution in [3.05, 3.63) is 48.8 Å².